The first-order valence-electron chi connectivity index (χ1n) is 7.56. The van der Waals surface area contributed by atoms with Crippen molar-refractivity contribution in [3.05, 3.63) is 12.7 Å². The van der Waals surface area contributed by atoms with Gasteiger partial charge in [0.2, 0.25) is 0 Å². The lowest BCUT2D eigenvalue weighted by atomic mass is 10.00. The van der Waals surface area contributed by atoms with Crippen molar-refractivity contribution in [3.63, 3.8) is 0 Å². The maximum absolute atomic E-state index is 11.4. The molecule has 0 aliphatic heterocycles. The average Bonchev–Trinajstić information content (AvgIpc) is 2.31. The minimum Gasteiger partial charge on any atom is -0.466 e. The van der Waals surface area contributed by atoms with E-state index in [1.165, 1.54) is 0 Å². The van der Waals surface area contributed by atoms with Crippen LogP contribution in [0.4, 0.5) is 0 Å². The first-order chi connectivity index (χ1) is 9.14. The SMILES string of the molecule is C=CC(CCCO[Si](C)(C)C(C)(C)C)CC(=O)OCC. The molecule has 0 aromatic rings. The molecule has 0 spiro atoms. The van der Waals surface area contributed by atoms with Crippen LogP contribution in [0.5, 0.6) is 0 Å². The first-order valence-corrected chi connectivity index (χ1v) is 10.5. The van der Waals surface area contributed by atoms with Gasteiger partial charge in [0.25, 0.3) is 0 Å². The van der Waals surface area contributed by atoms with Crippen LogP contribution >= 0.6 is 0 Å². The minimum absolute atomic E-state index is 0.136. The zero-order valence-corrected chi connectivity index (χ0v) is 15.1. The van der Waals surface area contributed by atoms with Crippen molar-refractivity contribution < 1.29 is 14.0 Å². The lowest BCUT2D eigenvalue weighted by Crippen LogP contribution is -2.41. The van der Waals surface area contributed by atoms with Crippen molar-refractivity contribution in [3.8, 4) is 0 Å². The van der Waals surface area contributed by atoms with Gasteiger partial charge in [-0.1, -0.05) is 26.8 Å². The summed E-state index contributed by atoms with van der Waals surface area (Å²) in [5.41, 5.74) is 0. The van der Waals surface area contributed by atoms with E-state index in [0.29, 0.717) is 13.0 Å². The Hall–Kier alpha value is -0.613. The third-order valence-corrected chi connectivity index (χ3v) is 8.59. The molecule has 0 aromatic heterocycles. The summed E-state index contributed by atoms with van der Waals surface area (Å²) in [6.45, 7) is 18.1. The molecule has 4 heteroatoms. The topological polar surface area (TPSA) is 35.5 Å². The zero-order valence-electron chi connectivity index (χ0n) is 14.1. The van der Waals surface area contributed by atoms with Gasteiger partial charge < -0.3 is 9.16 Å². The second-order valence-electron chi connectivity index (χ2n) is 6.76. The lowest BCUT2D eigenvalue weighted by molar-refractivity contribution is -0.143. The van der Waals surface area contributed by atoms with Crippen LogP contribution in [0.15, 0.2) is 12.7 Å². The zero-order chi connectivity index (χ0) is 15.8. The third kappa shape index (κ3) is 7.24. The molecule has 1 unspecified atom stereocenters. The maximum Gasteiger partial charge on any atom is 0.306 e. The Balaban J connectivity index is 4.04. The van der Waals surface area contributed by atoms with Crippen LogP contribution in [-0.4, -0.2) is 27.5 Å². The molecule has 0 aromatic carbocycles. The molecule has 0 amide bonds. The molecule has 0 saturated carbocycles. The normalized spacial score (nSPS) is 13.9. The smallest absolute Gasteiger partial charge is 0.306 e. The molecule has 0 aliphatic rings. The number of hydrogen-bond donors (Lipinski definition) is 0. The Kier molecular flexibility index (Phi) is 8.36. The molecule has 0 aliphatic carbocycles. The van der Waals surface area contributed by atoms with Gasteiger partial charge in [-0.15, -0.1) is 6.58 Å². The van der Waals surface area contributed by atoms with Crippen LogP contribution in [-0.2, 0) is 14.0 Å². The van der Waals surface area contributed by atoms with Gasteiger partial charge in [-0.3, -0.25) is 4.79 Å². The lowest BCUT2D eigenvalue weighted by Gasteiger charge is -2.36. The highest BCUT2D eigenvalue weighted by Crippen LogP contribution is 2.36. The minimum atomic E-state index is -1.65. The summed E-state index contributed by atoms with van der Waals surface area (Å²) in [5.74, 6) is 0.0554. The summed E-state index contributed by atoms with van der Waals surface area (Å²) in [7, 11) is -1.65. The average molecular weight is 301 g/mol. The van der Waals surface area contributed by atoms with Crippen molar-refractivity contribution in [1.82, 2.24) is 0 Å². The van der Waals surface area contributed by atoms with E-state index in [1.54, 1.807) is 0 Å². The van der Waals surface area contributed by atoms with Crippen LogP contribution in [0.3, 0.4) is 0 Å². The highest BCUT2D eigenvalue weighted by molar-refractivity contribution is 6.74. The van der Waals surface area contributed by atoms with Crippen LogP contribution < -0.4 is 0 Å². The second kappa shape index (κ2) is 8.62. The fourth-order valence-corrected chi connectivity index (χ4v) is 2.71. The summed E-state index contributed by atoms with van der Waals surface area (Å²) in [6.07, 6.45) is 4.17. The highest BCUT2D eigenvalue weighted by atomic mass is 28.4. The highest BCUT2D eigenvalue weighted by Gasteiger charge is 2.36. The first kappa shape index (κ1) is 19.4. The fourth-order valence-electron chi connectivity index (χ4n) is 1.63. The van der Waals surface area contributed by atoms with Crippen molar-refractivity contribution in [1.29, 1.82) is 0 Å². The molecule has 0 N–H and O–H groups in total. The molecule has 0 bridgehead atoms. The number of carbonyl (C=O) groups is 1. The van der Waals surface area contributed by atoms with Gasteiger partial charge >= 0.3 is 5.97 Å². The van der Waals surface area contributed by atoms with Crippen molar-refractivity contribution in [2.24, 2.45) is 5.92 Å². The van der Waals surface area contributed by atoms with Gasteiger partial charge in [-0.2, -0.15) is 0 Å². The Morgan fingerprint density at radius 3 is 2.40 bits per heavy atom. The van der Waals surface area contributed by atoms with E-state index in [4.69, 9.17) is 9.16 Å². The standard InChI is InChI=1S/C16H32O3Si/c1-8-14(13-15(17)18-9-2)11-10-12-19-20(6,7)16(3,4)5/h8,14H,1,9-13H2,2-7H3. The maximum atomic E-state index is 11.4. The Labute approximate surface area is 125 Å². The Morgan fingerprint density at radius 1 is 1.35 bits per heavy atom. The molecule has 0 saturated heterocycles. The van der Waals surface area contributed by atoms with E-state index in [9.17, 15) is 4.79 Å². The fraction of sp³-hybridized carbons (Fsp3) is 0.812. The largest absolute Gasteiger partial charge is 0.466 e. The molecule has 0 rings (SSSR count). The summed E-state index contributed by atoms with van der Waals surface area (Å²) in [5, 5.41) is 0.246. The van der Waals surface area contributed by atoms with Crippen LogP contribution in [0.1, 0.15) is 47.0 Å². The monoisotopic (exact) mass is 300 g/mol. The van der Waals surface area contributed by atoms with E-state index >= 15 is 0 Å². The molecule has 0 heterocycles. The van der Waals surface area contributed by atoms with Crippen LogP contribution in [0.2, 0.25) is 18.1 Å². The van der Waals surface area contributed by atoms with Gasteiger partial charge in [0.05, 0.1) is 13.0 Å². The van der Waals surface area contributed by atoms with Gasteiger partial charge in [-0.25, -0.2) is 0 Å². The molecule has 0 fully saturated rings. The van der Waals surface area contributed by atoms with Crippen LogP contribution in [0.25, 0.3) is 0 Å². The summed E-state index contributed by atoms with van der Waals surface area (Å²) in [6, 6.07) is 0. The van der Waals surface area contributed by atoms with E-state index < -0.39 is 8.32 Å². The van der Waals surface area contributed by atoms with Crippen molar-refractivity contribution >= 4 is 14.3 Å². The molecule has 20 heavy (non-hydrogen) atoms. The molecular formula is C16H32O3Si. The van der Waals surface area contributed by atoms with Gasteiger partial charge in [0.1, 0.15) is 0 Å². The van der Waals surface area contributed by atoms with Gasteiger partial charge in [0.15, 0.2) is 8.32 Å². The number of rotatable bonds is 9. The number of hydrogen-bond acceptors (Lipinski definition) is 3. The second-order valence-corrected chi connectivity index (χ2v) is 11.6. The van der Waals surface area contributed by atoms with E-state index in [-0.39, 0.29) is 16.9 Å². The van der Waals surface area contributed by atoms with E-state index in [2.05, 4.69) is 40.4 Å². The molecule has 1 atom stereocenters. The van der Waals surface area contributed by atoms with E-state index in [1.807, 2.05) is 13.0 Å². The Morgan fingerprint density at radius 2 is 1.95 bits per heavy atom. The quantitative estimate of drug-likeness (QED) is 0.271. The summed E-state index contributed by atoms with van der Waals surface area (Å²) >= 11 is 0. The number of carbonyl (C=O) groups excluding carboxylic acids is 1. The summed E-state index contributed by atoms with van der Waals surface area (Å²) in [4.78, 5) is 11.4. The van der Waals surface area contributed by atoms with Crippen LogP contribution in [0, 0.1) is 5.92 Å². The molecule has 0 radical (unpaired) electrons. The molecular weight excluding hydrogens is 268 g/mol. The Bertz CT molecular complexity index is 305. The van der Waals surface area contributed by atoms with Crippen molar-refractivity contribution in [2.75, 3.05) is 13.2 Å². The number of ether oxygens (including phenoxy) is 1. The number of allylic oxidation sites excluding steroid dienone is 1. The predicted octanol–water partition coefficient (Wildman–Crippen LogP) is 4.54. The summed E-state index contributed by atoms with van der Waals surface area (Å²) < 4.78 is 11.1. The van der Waals surface area contributed by atoms with Gasteiger partial charge in [-0.05, 0) is 43.8 Å². The van der Waals surface area contributed by atoms with E-state index in [0.717, 1.165) is 19.4 Å². The third-order valence-electron chi connectivity index (χ3n) is 4.06. The van der Waals surface area contributed by atoms with Crippen molar-refractivity contribution in [2.45, 2.75) is 65.1 Å². The van der Waals surface area contributed by atoms with Gasteiger partial charge in [0, 0.05) is 6.61 Å². The molecule has 118 valence electrons. The molecule has 3 nitrogen and oxygen atoms in total. The number of esters is 1. The predicted molar refractivity (Wildman–Crippen MR) is 87.3 cm³/mol.